The third kappa shape index (κ3) is 1.51. The van der Waals surface area contributed by atoms with Gasteiger partial charge in [-0.05, 0) is 41.3 Å². The fraction of sp³-hybridized carbons (Fsp3) is 0.545. The first-order valence-electron chi connectivity index (χ1n) is 5.27. The Bertz CT molecular complexity index is 401. The molecule has 1 aromatic rings. The number of amides is 1. The van der Waals surface area contributed by atoms with Gasteiger partial charge in [-0.2, -0.15) is 0 Å². The van der Waals surface area contributed by atoms with Gasteiger partial charge in [0.15, 0.2) is 4.67 Å². The summed E-state index contributed by atoms with van der Waals surface area (Å²) in [4.78, 5) is 13.9. The van der Waals surface area contributed by atoms with E-state index in [1.165, 1.54) is 6.42 Å². The van der Waals surface area contributed by atoms with Crippen LogP contribution in [0.5, 0.6) is 0 Å². The van der Waals surface area contributed by atoms with E-state index in [0.29, 0.717) is 24.4 Å². The van der Waals surface area contributed by atoms with Gasteiger partial charge in [0.05, 0.1) is 6.26 Å². The van der Waals surface area contributed by atoms with Gasteiger partial charge in [-0.15, -0.1) is 0 Å². The fourth-order valence-electron chi connectivity index (χ4n) is 2.71. The first-order valence-corrected chi connectivity index (χ1v) is 6.07. The monoisotopic (exact) mass is 269 g/mol. The van der Waals surface area contributed by atoms with Crippen LogP contribution in [0.4, 0.5) is 0 Å². The van der Waals surface area contributed by atoms with Crippen LogP contribution in [0, 0.1) is 5.92 Å². The van der Waals surface area contributed by atoms with Gasteiger partial charge in [-0.1, -0.05) is 0 Å². The van der Waals surface area contributed by atoms with E-state index in [4.69, 9.17) is 4.42 Å². The first kappa shape index (κ1) is 9.46. The maximum Gasteiger partial charge on any atom is 0.226 e. The lowest BCUT2D eigenvalue weighted by Crippen LogP contribution is -2.36. The molecule has 1 aromatic heterocycles. The molecule has 2 unspecified atom stereocenters. The number of fused-ring (bicyclic) bond motifs is 2. The van der Waals surface area contributed by atoms with E-state index in [0.717, 1.165) is 23.1 Å². The van der Waals surface area contributed by atoms with Crippen LogP contribution in [-0.4, -0.2) is 16.8 Å². The smallest absolute Gasteiger partial charge is 0.226 e. The van der Waals surface area contributed by atoms with E-state index >= 15 is 0 Å². The summed E-state index contributed by atoms with van der Waals surface area (Å²) in [6, 6.07) is 2.41. The molecule has 1 saturated carbocycles. The number of hydrogen-bond acceptors (Lipinski definition) is 2. The van der Waals surface area contributed by atoms with Crippen molar-refractivity contribution < 1.29 is 9.21 Å². The van der Waals surface area contributed by atoms with Gasteiger partial charge < -0.3 is 9.32 Å². The molecule has 2 heterocycles. The van der Waals surface area contributed by atoms with Crippen molar-refractivity contribution >= 4 is 21.8 Å². The largest absolute Gasteiger partial charge is 0.457 e. The van der Waals surface area contributed by atoms with Crippen LogP contribution < -0.4 is 0 Å². The summed E-state index contributed by atoms with van der Waals surface area (Å²) in [6.07, 6.45) is 5.05. The molecule has 0 radical (unpaired) electrons. The van der Waals surface area contributed by atoms with E-state index in [9.17, 15) is 4.79 Å². The third-order valence-electron chi connectivity index (χ3n) is 3.45. The Hall–Kier alpha value is -0.770. The number of halogens is 1. The number of furan rings is 1. The molecule has 1 aliphatic carbocycles. The fourth-order valence-corrected chi connectivity index (χ4v) is 3.10. The second-order valence-corrected chi connectivity index (χ2v) is 5.17. The van der Waals surface area contributed by atoms with Gasteiger partial charge in [0, 0.05) is 24.1 Å². The van der Waals surface area contributed by atoms with E-state index in [1.807, 2.05) is 11.0 Å². The molecular weight excluding hydrogens is 258 g/mol. The van der Waals surface area contributed by atoms with E-state index < -0.39 is 0 Å². The predicted molar refractivity (Wildman–Crippen MR) is 58.1 cm³/mol. The molecule has 2 aliphatic rings. The quantitative estimate of drug-likeness (QED) is 0.827. The van der Waals surface area contributed by atoms with E-state index in [1.54, 1.807) is 6.26 Å². The van der Waals surface area contributed by atoms with Crippen molar-refractivity contribution in [2.75, 3.05) is 0 Å². The Morgan fingerprint density at radius 2 is 2.40 bits per heavy atom. The van der Waals surface area contributed by atoms with Crippen molar-refractivity contribution in [1.29, 1.82) is 0 Å². The summed E-state index contributed by atoms with van der Waals surface area (Å²) in [5.74, 6) is 0.647. The second-order valence-electron chi connectivity index (χ2n) is 4.39. The van der Waals surface area contributed by atoms with Crippen LogP contribution in [0.3, 0.4) is 0 Å². The summed E-state index contributed by atoms with van der Waals surface area (Å²) < 4.78 is 5.90. The van der Waals surface area contributed by atoms with E-state index in [2.05, 4.69) is 15.9 Å². The Balaban J connectivity index is 1.76. The van der Waals surface area contributed by atoms with Gasteiger partial charge >= 0.3 is 0 Å². The number of rotatable bonds is 2. The molecule has 0 N–H and O–H groups in total. The lowest BCUT2D eigenvalue weighted by molar-refractivity contribution is -0.134. The molecule has 2 bridgehead atoms. The normalized spacial score (nSPS) is 29.1. The zero-order valence-corrected chi connectivity index (χ0v) is 9.87. The number of carbonyl (C=O) groups is 1. The van der Waals surface area contributed by atoms with Crippen molar-refractivity contribution in [1.82, 2.24) is 4.90 Å². The van der Waals surface area contributed by atoms with Crippen molar-refractivity contribution in [3.05, 3.63) is 22.6 Å². The summed E-state index contributed by atoms with van der Waals surface area (Å²) in [6.45, 7) is 0.703. The van der Waals surface area contributed by atoms with Crippen molar-refractivity contribution in [3.8, 4) is 0 Å². The summed E-state index contributed by atoms with van der Waals surface area (Å²) >= 11 is 3.27. The van der Waals surface area contributed by atoms with Crippen molar-refractivity contribution in [3.63, 3.8) is 0 Å². The van der Waals surface area contributed by atoms with Crippen molar-refractivity contribution in [2.45, 2.75) is 31.8 Å². The summed E-state index contributed by atoms with van der Waals surface area (Å²) in [5, 5.41) is 0. The molecule has 3 rings (SSSR count). The zero-order chi connectivity index (χ0) is 10.4. The molecular formula is C11H12BrNO2. The third-order valence-corrected chi connectivity index (χ3v) is 3.87. The van der Waals surface area contributed by atoms with Crippen LogP contribution in [0.25, 0.3) is 0 Å². The minimum absolute atomic E-state index is 0.311. The van der Waals surface area contributed by atoms with Crippen LogP contribution in [0.15, 0.2) is 21.4 Å². The minimum Gasteiger partial charge on any atom is -0.457 e. The van der Waals surface area contributed by atoms with Gasteiger partial charge in [-0.25, -0.2) is 0 Å². The highest BCUT2D eigenvalue weighted by Crippen LogP contribution is 2.39. The average Bonchev–Trinajstić information content (AvgIpc) is 2.86. The molecule has 1 aliphatic heterocycles. The number of carbonyl (C=O) groups excluding carboxylic acids is 1. The van der Waals surface area contributed by atoms with Crippen LogP contribution in [0.2, 0.25) is 0 Å². The molecule has 15 heavy (non-hydrogen) atoms. The minimum atomic E-state index is 0.311. The average molecular weight is 270 g/mol. The predicted octanol–water partition coefficient (Wildman–Crippen LogP) is 2.55. The number of piperidine rings is 1. The highest BCUT2D eigenvalue weighted by molar-refractivity contribution is 9.10. The molecule has 1 amide bonds. The molecule has 4 heteroatoms. The SMILES string of the molecule is O=C1C2CCC(C2)N1Cc1coc(Br)c1. The lowest BCUT2D eigenvalue weighted by Gasteiger charge is -2.26. The van der Waals surface area contributed by atoms with Crippen LogP contribution in [0.1, 0.15) is 24.8 Å². The van der Waals surface area contributed by atoms with Crippen LogP contribution in [-0.2, 0) is 11.3 Å². The molecule has 1 saturated heterocycles. The Morgan fingerprint density at radius 1 is 1.53 bits per heavy atom. The molecule has 2 atom stereocenters. The number of nitrogens with zero attached hydrogens (tertiary/aromatic N) is 1. The molecule has 3 nitrogen and oxygen atoms in total. The first-order chi connectivity index (χ1) is 7.24. The van der Waals surface area contributed by atoms with Gasteiger partial charge in [0.2, 0.25) is 5.91 Å². The highest BCUT2D eigenvalue weighted by atomic mass is 79.9. The Labute approximate surface area is 96.6 Å². The number of hydrogen-bond donors (Lipinski definition) is 0. The maximum absolute atomic E-state index is 11.9. The van der Waals surface area contributed by atoms with Gasteiger partial charge in [0.25, 0.3) is 0 Å². The molecule has 0 spiro atoms. The standard InChI is InChI=1S/C11H12BrNO2/c12-10-3-7(6-15-10)5-13-9-2-1-8(4-9)11(13)14/h3,6,8-9H,1-2,4-5H2. The molecule has 80 valence electrons. The topological polar surface area (TPSA) is 33.5 Å². The van der Waals surface area contributed by atoms with Gasteiger partial charge in [0.1, 0.15) is 0 Å². The van der Waals surface area contributed by atoms with Crippen molar-refractivity contribution in [2.24, 2.45) is 5.92 Å². The lowest BCUT2D eigenvalue weighted by atomic mass is 10.1. The number of likely N-dealkylation sites (tertiary alicyclic amines) is 1. The molecule has 0 aromatic carbocycles. The van der Waals surface area contributed by atoms with Gasteiger partial charge in [-0.3, -0.25) is 4.79 Å². The van der Waals surface area contributed by atoms with Crippen LogP contribution >= 0.6 is 15.9 Å². The Kier molecular flexibility index (Phi) is 2.12. The molecule has 2 fully saturated rings. The van der Waals surface area contributed by atoms with E-state index in [-0.39, 0.29) is 0 Å². The Morgan fingerprint density at radius 3 is 3.00 bits per heavy atom. The second kappa shape index (κ2) is 3.37. The summed E-state index contributed by atoms with van der Waals surface area (Å²) in [5.41, 5.74) is 1.07. The maximum atomic E-state index is 11.9. The highest BCUT2D eigenvalue weighted by Gasteiger charge is 2.44. The zero-order valence-electron chi connectivity index (χ0n) is 8.28. The summed E-state index contributed by atoms with van der Waals surface area (Å²) in [7, 11) is 0.